The zero-order valence-electron chi connectivity index (χ0n) is 20.3. The van der Waals surface area contributed by atoms with E-state index in [2.05, 4.69) is 24.8 Å². The van der Waals surface area contributed by atoms with E-state index in [1.54, 1.807) is 0 Å². The van der Waals surface area contributed by atoms with Crippen molar-refractivity contribution >= 4 is 5.97 Å². The molecule has 0 unspecified atom stereocenters. The summed E-state index contributed by atoms with van der Waals surface area (Å²) in [5, 5.41) is 19.4. The molecule has 0 aromatic heterocycles. The summed E-state index contributed by atoms with van der Waals surface area (Å²) in [5.74, 6) is 5.66. The Balaban J connectivity index is 1.52. The van der Waals surface area contributed by atoms with Gasteiger partial charge < -0.3 is 14.9 Å². The van der Waals surface area contributed by atoms with E-state index in [9.17, 15) is 9.90 Å². The number of carboxylic acid groups (broad SMARTS) is 1. The Kier molecular flexibility index (Phi) is 9.74. The second kappa shape index (κ2) is 12.7. The molecule has 0 spiro atoms. The van der Waals surface area contributed by atoms with Crippen LogP contribution in [0.3, 0.4) is 0 Å². The van der Waals surface area contributed by atoms with E-state index in [-0.39, 0.29) is 17.4 Å². The van der Waals surface area contributed by atoms with Gasteiger partial charge in [-0.15, -0.1) is 0 Å². The number of hydrogen-bond acceptors (Lipinski definition) is 3. The summed E-state index contributed by atoms with van der Waals surface area (Å²) in [6.07, 6.45) is 19.2. The third-order valence-electron chi connectivity index (χ3n) is 7.23. The molecular weight excluding hydrogens is 424 g/mol. The van der Waals surface area contributed by atoms with Crippen LogP contribution in [0.2, 0.25) is 0 Å². The quantitative estimate of drug-likeness (QED) is 0.192. The molecular formula is C30H38O4. The third kappa shape index (κ3) is 8.01. The van der Waals surface area contributed by atoms with E-state index >= 15 is 0 Å². The Morgan fingerprint density at radius 1 is 1.15 bits per heavy atom. The molecule has 2 fully saturated rings. The fourth-order valence-electron chi connectivity index (χ4n) is 5.04. The summed E-state index contributed by atoms with van der Waals surface area (Å²) < 4.78 is 5.21. The molecule has 2 aliphatic carbocycles. The first-order chi connectivity index (χ1) is 16.4. The molecule has 0 amide bonds. The van der Waals surface area contributed by atoms with Gasteiger partial charge in [0, 0.05) is 17.4 Å². The fraction of sp³-hybridized carbons (Fsp3) is 0.500. The summed E-state index contributed by atoms with van der Waals surface area (Å²) in [6.45, 7) is 2.29. The van der Waals surface area contributed by atoms with Gasteiger partial charge in [0.15, 0.2) is 0 Å². The van der Waals surface area contributed by atoms with E-state index in [1.165, 1.54) is 18.4 Å². The van der Waals surface area contributed by atoms with Crippen LogP contribution in [0.25, 0.3) is 0 Å². The van der Waals surface area contributed by atoms with Gasteiger partial charge in [0.1, 0.15) is 6.61 Å². The maximum Gasteiger partial charge on any atom is 0.329 e. The van der Waals surface area contributed by atoms with Crippen molar-refractivity contribution in [2.24, 2.45) is 10.8 Å². The normalized spacial score (nSPS) is 24.0. The maximum atomic E-state index is 10.7. The van der Waals surface area contributed by atoms with Crippen molar-refractivity contribution < 1.29 is 19.7 Å². The number of aliphatic hydroxyl groups excluding tert-OH is 1. The van der Waals surface area contributed by atoms with E-state index in [1.807, 2.05) is 54.6 Å². The standard InChI is InChI=1S/C30H38O4/c1-29(17-7-5-14-26(29)16-22-34-24-28(32)33)18-8-6-15-27(31)23-30(20-10-21-30)19-9-13-25-11-3-2-4-12-25/h2-4,6,8,11-12,15-16,18,27,31H,5,7,10,14,17,19-24H2,1H3,(H,32,33)/b15-6+,18-8+,26-16+/t27-,29-/m0/s1. The molecule has 0 bridgehead atoms. The lowest BCUT2D eigenvalue weighted by Gasteiger charge is -2.41. The molecule has 1 aromatic carbocycles. The average molecular weight is 463 g/mol. The van der Waals surface area contributed by atoms with Crippen LogP contribution >= 0.6 is 0 Å². The van der Waals surface area contributed by atoms with Crippen LogP contribution in [0.4, 0.5) is 0 Å². The minimum atomic E-state index is -0.944. The fourth-order valence-corrected chi connectivity index (χ4v) is 5.04. The molecule has 0 heterocycles. The van der Waals surface area contributed by atoms with E-state index in [0.29, 0.717) is 6.61 Å². The summed E-state index contributed by atoms with van der Waals surface area (Å²) in [6, 6.07) is 10.1. The first kappa shape index (κ1) is 26.0. The molecule has 3 rings (SSSR count). The van der Waals surface area contributed by atoms with Gasteiger partial charge in [0.05, 0.1) is 12.7 Å². The summed E-state index contributed by atoms with van der Waals surface area (Å²) in [7, 11) is 0. The zero-order chi connectivity index (χ0) is 24.3. The number of rotatable bonds is 10. The second-order valence-corrected chi connectivity index (χ2v) is 9.98. The summed E-state index contributed by atoms with van der Waals surface area (Å²) in [5.41, 5.74) is 2.43. The molecule has 182 valence electrons. The number of benzene rings is 1. The Bertz CT molecular complexity index is 943. The number of aliphatic carboxylic acids is 1. The van der Waals surface area contributed by atoms with E-state index < -0.39 is 12.1 Å². The second-order valence-electron chi connectivity index (χ2n) is 9.98. The van der Waals surface area contributed by atoms with Crippen molar-refractivity contribution in [3.8, 4) is 11.8 Å². The van der Waals surface area contributed by atoms with Crippen molar-refractivity contribution in [2.45, 2.75) is 70.8 Å². The van der Waals surface area contributed by atoms with Crippen molar-refractivity contribution in [1.29, 1.82) is 0 Å². The molecule has 0 saturated heterocycles. The molecule has 0 radical (unpaired) electrons. The van der Waals surface area contributed by atoms with Crippen LogP contribution in [-0.4, -0.2) is 35.5 Å². The molecule has 2 N–H and O–H groups in total. The highest BCUT2D eigenvalue weighted by Gasteiger charge is 2.37. The van der Waals surface area contributed by atoms with Crippen LogP contribution in [0, 0.1) is 22.7 Å². The molecule has 2 aliphatic rings. The summed E-state index contributed by atoms with van der Waals surface area (Å²) >= 11 is 0. The number of ether oxygens (including phenoxy) is 1. The monoisotopic (exact) mass is 462 g/mol. The molecule has 2 atom stereocenters. The molecule has 2 saturated carbocycles. The lowest BCUT2D eigenvalue weighted by molar-refractivity contribution is -0.141. The lowest BCUT2D eigenvalue weighted by Crippen LogP contribution is -2.32. The van der Waals surface area contributed by atoms with Crippen LogP contribution in [0.5, 0.6) is 0 Å². The first-order valence-corrected chi connectivity index (χ1v) is 12.5. The van der Waals surface area contributed by atoms with Crippen molar-refractivity contribution in [3.63, 3.8) is 0 Å². The van der Waals surface area contributed by atoms with Crippen LogP contribution in [0.1, 0.15) is 70.3 Å². The van der Waals surface area contributed by atoms with Gasteiger partial charge in [-0.3, -0.25) is 0 Å². The molecule has 0 aliphatic heterocycles. The van der Waals surface area contributed by atoms with Gasteiger partial charge in [-0.25, -0.2) is 4.79 Å². The maximum absolute atomic E-state index is 10.7. The number of carboxylic acids is 1. The lowest BCUT2D eigenvalue weighted by atomic mass is 9.64. The number of hydrogen-bond donors (Lipinski definition) is 2. The number of carbonyl (C=O) groups is 1. The number of allylic oxidation sites excluding steroid dienone is 4. The first-order valence-electron chi connectivity index (χ1n) is 12.5. The SMILES string of the molecule is C[C@@]1(/C=C/C=C/[C@H](O)CC2(CC#Cc3ccccc3)CCC2)CCCC/C1=C\COCC(=O)O. The summed E-state index contributed by atoms with van der Waals surface area (Å²) in [4.78, 5) is 10.6. The van der Waals surface area contributed by atoms with Crippen LogP contribution in [0.15, 0.2) is 66.3 Å². The molecule has 1 aromatic rings. The van der Waals surface area contributed by atoms with Crippen molar-refractivity contribution in [3.05, 3.63) is 71.8 Å². The Morgan fingerprint density at radius 3 is 2.65 bits per heavy atom. The molecule has 34 heavy (non-hydrogen) atoms. The van der Waals surface area contributed by atoms with Gasteiger partial charge >= 0.3 is 5.97 Å². The minimum absolute atomic E-state index is 0.0532. The van der Waals surface area contributed by atoms with Crippen molar-refractivity contribution in [2.75, 3.05) is 13.2 Å². The Labute approximate surface area is 204 Å². The van der Waals surface area contributed by atoms with Gasteiger partial charge in [-0.2, -0.15) is 0 Å². The predicted octanol–water partition coefficient (Wildman–Crippen LogP) is 6.07. The number of aliphatic hydroxyl groups is 1. The van der Waals surface area contributed by atoms with E-state index in [4.69, 9.17) is 9.84 Å². The van der Waals surface area contributed by atoms with Crippen LogP contribution < -0.4 is 0 Å². The van der Waals surface area contributed by atoms with Gasteiger partial charge in [-0.1, -0.05) is 85.8 Å². The zero-order valence-corrected chi connectivity index (χ0v) is 20.3. The predicted molar refractivity (Wildman–Crippen MR) is 136 cm³/mol. The Morgan fingerprint density at radius 2 is 1.94 bits per heavy atom. The highest BCUT2D eigenvalue weighted by atomic mass is 16.5. The van der Waals surface area contributed by atoms with Crippen LogP contribution in [-0.2, 0) is 9.53 Å². The molecule has 4 heteroatoms. The van der Waals surface area contributed by atoms with Gasteiger partial charge in [0.25, 0.3) is 0 Å². The third-order valence-corrected chi connectivity index (χ3v) is 7.23. The van der Waals surface area contributed by atoms with Crippen molar-refractivity contribution in [1.82, 2.24) is 0 Å². The largest absolute Gasteiger partial charge is 0.480 e. The van der Waals surface area contributed by atoms with Gasteiger partial charge in [0.2, 0.25) is 0 Å². The molecule has 4 nitrogen and oxygen atoms in total. The highest BCUT2D eigenvalue weighted by molar-refractivity contribution is 5.68. The topological polar surface area (TPSA) is 66.8 Å². The Hall–Kier alpha value is -2.61. The average Bonchev–Trinajstić information content (AvgIpc) is 2.79. The smallest absolute Gasteiger partial charge is 0.329 e. The highest BCUT2D eigenvalue weighted by Crippen LogP contribution is 2.47. The minimum Gasteiger partial charge on any atom is -0.480 e. The van der Waals surface area contributed by atoms with Gasteiger partial charge in [-0.05, 0) is 56.1 Å². The van der Waals surface area contributed by atoms with E-state index in [0.717, 1.165) is 50.5 Å².